The molecule has 0 radical (unpaired) electrons. The Morgan fingerprint density at radius 1 is 0.949 bits per heavy atom. The zero-order valence-corrected chi connectivity index (χ0v) is 22.8. The number of nitrogens with zero attached hydrogens (tertiary/aromatic N) is 6. The molecule has 0 bridgehead atoms. The predicted octanol–water partition coefficient (Wildman–Crippen LogP) is 5.40. The SMILES string of the molecule is C=CCNc1nc(N2CCC(N(C)C3c4ccccc4CCc4ccccc43)CC2)nc2c1ncn2CC=C. The predicted molar refractivity (Wildman–Crippen MR) is 159 cm³/mol. The van der Waals surface area contributed by atoms with Crippen molar-refractivity contribution >= 4 is 22.9 Å². The van der Waals surface area contributed by atoms with Crippen molar-refractivity contribution in [2.24, 2.45) is 0 Å². The number of allylic oxidation sites excluding steroid dienone is 1. The molecule has 0 unspecified atom stereocenters. The zero-order valence-electron chi connectivity index (χ0n) is 22.8. The summed E-state index contributed by atoms with van der Waals surface area (Å²) in [5, 5.41) is 3.36. The summed E-state index contributed by atoms with van der Waals surface area (Å²) in [7, 11) is 2.32. The highest BCUT2D eigenvalue weighted by atomic mass is 15.3. The van der Waals surface area contributed by atoms with Crippen molar-refractivity contribution in [3.63, 3.8) is 0 Å². The molecule has 2 aromatic heterocycles. The van der Waals surface area contributed by atoms with Crippen LogP contribution in [0.2, 0.25) is 0 Å². The number of hydrogen-bond donors (Lipinski definition) is 1. The Hall–Kier alpha value is -3.97. The molecular weight excluding hydrogens is 482 g/mol. The van der Waals surface area contributed by atoms with E-state index >= 15 is 0 Å². The number of aromatic nitrogens is 4. The van der Waals surface area contributed by atoms with Crippen molar-refractivity contribution in [2.45, 2.75) is 44.3 Å². The Morgan fingerprint density at radius 2 is 1.62 bits per heavy atom. The Morgan fingerprint density at radius 3 is 2.26 bits per heavy atom. The van der Waals surface area contributed by atoms with Gasteiger partial charge in [0.05, 0.1) is 12.4 Å². The summed E-state index contributed by atoms with van der Waals surface area (Å²) in [6, 6.07) is 18.8. The molecule has 1 fully saturated rings. The third-order valence-electron chi connectivity index (χ3n) is 8.29. The lowest BCUT2D eigenvalue weighted by atomic mass is 9.91. The van der Waals surface area contributed by atoms with Crippen molar-refractivity contribution in [3.05, 3.63) is 102 Å². The minimum Gasteiger partial charge on any atom is -0.365 e. The largest absolute Gasteiger partial charge is 0.365 e. The number of piperidine rings is 1. The van der Waals surface area contributed by atoms with Crippen LogP contribution in [0.4, 0.5) is 11.8 Å². The van der Waals surface area contributed by atoms with Gasteiger partial charge in [-0.15, -0.1) is 13.2 Å². The number of anilines is 2. The van der Waals surface area contributed by atoms with Crippen molar-refractivity contribution < 1.29 is 0 Å². The van der Waals surface area contributed by atoms with Crippen LogP contribution < -0.4 is 10.2 Å². The quantitative estimate of drug-likeness (QED) is 0.315. The molecule has 0 atom stereocenters. The molecule has 0 amide bonds. The van der Waals surface area contributed by atoms with Crippen molar-refractivity contribution in [2.75, 3.05) is 36.9 Å². The van der Waals surface area contributed by atoms with Gasteiger partial charge in [-0.1, -0.05) is 60.7 Å². The summed E-state index contributed by atoms with van der Waals surface area (Å²) >= 11 is 0. The Bertz CT molecular complexity index is 1430. The molecule has 7 heteroatoms. The van der Waals surface area contributed by atoms with Crippen LogP contribution in [0.1, 0.15) is 41.1 Å². The maximum absolute atomic E-state index is 4.97. The third kappa shape index (κ3) is 4.83. The Balaban J connectivity index is 1.26. The van der Waals surface area contributed by atoms with Gasteiger partial charge in [0.2, 0.25) is 5.95 Å². The number of rotatable bonds is 8. The molecule has 1 aliphatic carbocycles. The van der Waals surface area contributed by atoms with Crippen molar-refractivity contribution in [1.82, 2.24) is 24.4 Å². The average molecular weight is 520 g/mol. The summed E-state index contributed by atoms with van der Waals surface area (Å²) in [4.78, 5) is 19.4. The minimum absolute atomic E-state index is 0.270. The van der Waals surface area contributed by atoms with Gasteiger partial charge in [-0.05, 0) is 55.0 Å². The summed E-state index contributed by atoms with van der Waals surface area (Å²) in [6.45, 7) is 10.8. The molecule has 1 N–H and O–H groups in total. The fourth-order valence-corrected chi connectivity index (χ4v) is 6.26. The summed E-state index contributed by atoms with van der Waals surface area (Å²) in [5.74, 6) is 1.51. The first-order valence-corrected chi connectivity index (χ1v) is 14.0. The second-order valence-corrected chi connectivity index (χ2v) is 10.6. The number of aryl methyl sites for hydroxylation is 2. The Labute approximate surface area is 230 Å². The van der Waals surface area contributed by atoms with Gasteiger partial charge in [0.25, 0.3) is 0 Å². The molecule has 0 saturated carbocycles. The first kappa shape index (κ1) is 25.3. The van der Waals surface area contributed by atoms with Crippen LogP contribution in [0, 0.1) is 0 Å². The molecule has 0 spiro atoms. The molecule has 4 aromatic rings. The van der Waals surface area contributed by atoms with E-state index in [1.54, 1.807) is 0 Å². The third-order valence-corrected chi connectivity index (χ3v) is 8.29. The van der Waals surface area contributed by atoms with E-state index in [9.17, 15) is 0 Å². The topological polar surface area (TPSA) is 62.1 Å². The van der Waals surface area contributed by atoms with Crippen molar-refractivity contribution in [3.8, 4) is 0 Å². The molecule has 2 aliphatic rings. The minimum atomic E-state index is 0.270. The van der Waals surface area contributed by atoms with E-state index < -0.39 is 0 Å². The van der Waals surface area contributed by atoms with E-state index in [1.165, 1.54) is 22.3 Å². The molecular formula is C32H37N7. The van der Waals surface area contributed by atoms with Gasteiger partial charge in [0.15, 0.2) is 17.0 Å². The zero-order chi connectivity index (χ0) is 26.8. The van der Waals surface area contributed by atoms with Crippen LogP contribution in [0.3, 0.4) is 0 Å². The van der Waals surface area contributed by atoms with Gasteiger partial charge >= 0.3 is 0 Å². The maximum Gasteiger partial charge on any atom is 0.229 e. The molecule has 3 heterocycles. The van der Waals surface area contributed by atoms with Gasteiger partial charge in [0, 0.05) is 32.2 Å². The fourth-order valence-electron chi connectivity index (χ4n) is 6.26. The number of benzene rings is 2. The maximum atomic E-state index is 4.97. The lowest BCUT2D eigenvalue weighted by molar-refractivity contribution is 0.169. The number of imidazole rings is 1. The monoisotopic (exact) mass is 519 g/mol. The number of fused-ring (bicyclic) bond motifs is 3. The summed E-state index contributed by atoms with van der Waals surface area (Å²) in [5.41, 5.74) is 7.46. The fraction of sp³-hybridized carbons (Fsp3) is 0.344. The highest BCUT2D eigenvalue weighted by Crippen LogP contribution is 2.38. The van der Waals surface area contributed by atoms with Gasteiger partial charge in [0.1, 0.15) is 0 Å². The Kier molecular flexibility index (Phi) is 7.16. The number of nitrogens with one attached hydrogen (secondary N) is 1. The van der Waals surface area contributed by atoms with Crippen LogP contribution in [-0.2, 0) is 19.4 Å². The van der Waals surface area contributed by atoms with E-state index in [4.69, 9.17) is 9.97 Å². The second-order valence-electron chi connectivity index (χ2n) is 10.6. The van der Waals surface area contributed by atoms with Gasteiger partial charge in [-0.3, -0.25) is 4.90 Å². The smallest absolute Gasteiger partial charge is 0.229 e. The molecule has 39 heavy (non-hydrogen) atoms. The van der Waals surface area contributed by atoms with Gasteiger partial charge in [-0.25, -0.2) is 4.98 Å². The van der Waals surface area contributed by atoms with E-state index in [0.29, 0.717) is 19.1 Å². The van der Waals surface area contributed by atoms with Crippen LogP contribution >= 0.6 is 0 Å². The van der Waals surface area contributed by atoms with Crippen LogP contribution in [0.5, 0.6) is 0 Å². The van der Waals surface area contributed by atoms with Gasteiger partial charge in [-0.2, -0.15) is 9.97 Å². The van der Waals surface area contributed by atoms with E-state index in [0.717, 1.165) is 61.7 Å². The van der Waals surface area contributed by atoms with Gasteiger partial charge < -0.3 is 14.8 Å². The van der Waals surface area contributed by atoms with E-state index in [2.05, 4.69) is 88.8 Å². The lowest BCUT2D eigenvalue weighted by Gasteiger charge is -2.41. The lowest BCUT2D eigenvalue weighted by Crippen LogP contribution is -2.45. The summed E-state index contributed by atoms with van der Waals surface area (Å²) < 4.78 is 2.02. The molecule has 7 nitrogen and oxygen atoms in total. The highest BCUT2D eigenvalue weighted by Gasteiger charge is 2.33. The van der Waals surface area contributed by atoms with E-state index in [-0.39, 0.29) is 6.04 Å². The molecule has 1 saturated heterocycles. The first-order chi connectivity index (χ1) is 19.2. The number of hydrogen-bond acceptors (Lipinski definition) is 6. The van der Waals surface area contributed by atoms with Crippen molar-refractivity contribution in [1.29, 1.82) is 0 Å². The van der Waals surface area contributed by atoms with E-state index in [1.807, 2.05) is 23.0 Å². The van der Waals surface area contributed by atoms with Crippen LogP contribution in [0.25, 0.3) is 11.2 Å². The molecule has 200 valence electrons. The standard InChI is InChI=1S/C32H37N7/c1-4-18-33-30-28-31(39(19-5-2)22-34-28)36-32(35-30)38-20-16-25(17-21-38)37(3)29-26-12-8-6-10-23(26)14-15-24-11-7-9-13-27(24)29/h4-13,22,25,29H,1-2,14-21H2,3H3,(H,33,35,36). The second kappa shape index (κ2) is 11.0. The molecule has 1 aliphatic heterocycles. The highest BCUT2D eigenvalue weighted by molar-refractivity contribution is 5.84. The summed E-state index contributed by atoms with van der Waals surface area (Å²) in [6.07, 6.45) is 9.82. The molecule has 6 rings (SSSR count). The van der Waals surface area contributed by atoms with Crippen LogP contribution in [0.15, 0.2) is 80.2 Å². The molecule has 2 aromatic carbocycles. The first-order valence-electron chi connectivity index (χ1n) is 14.0. The average Bonchev–Trinajstić information content (AvgIpc) is 3.30. The van der Waals surface area contributed by atoms with Crippen LogP contribution in [-0.4, -0.2) is 57.1 Å². The normalized spacial score (nSPS) is 16.1.